The number of hydrogen-bond donors (Lipinski definition) is 3. The fourth-order valence-corrected chi connectivity index (χ4v) is 5.06. The number of carbonyl (C=O) groups excluding carboxylic acids is 1. The van der Waals surface area contributed by atoms with Crippen molar-refractivity contribution in [2.75, 3.05) is 29.9 Å². The van der Waals surface area contributed by atoms with Crippen LogP contribution in [0.4, 0.5) is 26.2 Å². The van der Waals surface area contributed by atoms with Gasteiger partial charge in [0.25, 0.3) is 5.91 Å². The Balaban J connectivity index is 1.34. The molecule has 0 aliphatic carbocycles. The lowest BCUT2D eigenvalue weighted by atomic mass is 10.0. The third-order valence-electron chi connectivity index (χ3n) is 6.53. The van der Waals surface area contributed by atoms with Crippen LogP contribution in [0.25, 0.3) is 0 Å². The average Bonchev–Trinajstić information content (AvgIpc) is 3.35. The summed E-state index contributed by atoms with van der Waals surface area (Å²) in [5.41, 5.74) is 1.73. The van der Waals surface area contributed by atoms with Gasteiger partial charge in [-0.2, -0.15) is 4.98 Å². The van der Waals surface area contributed by atoms with E-state index in [1.807, 2.05) is 11.0 Å². The monoisotopic (exact) mass is 512 g/mol. The zero-order valence-electron chi connectivity index (χ0n) is 19.6. The fraction of sp³-hybridized carbons (Fsp3) is 0.346. The Labute approximate surface area is 213 Å². The molecule has 0 saturated carbocycles. The van der Waals surface area contributed by atoms with Crippen LogP contribution in [-0.2, 0) is 0 Å². The van der Waals surface area contributed by atoms with Crippen molar-refractivity contribution < 1.29 is 13.6 Å². The van der Waals surface area contributed by atoms with Crippen LogP contribution in [0.5, 0.6) is 0 Å². The molecule has 10 heteroatoms. The van der Waals surface area contributed by atoms with E-state index in [1.165, 1.54) is 18.3 Å². The third-order valence-corrected chi connectivity index (χ3v) is 6.80. The fourth-order valence-electron chi connectivity index (χ4n) is 4.87. The Bertz CT molecular complexity index is 1230. The summed E-state index contributed by atoms with van der Waals surface area (Å²) in [6.45, 7) is 2.39. The standard InChI is InChI=1S/C26H27ClF2N6O/c27-22-15-31-26(33-20-5-1-4-16(12-20)25(36)32-21-6-2-8-30-14-21)34-24(22)35-9-3-7-23(35)17-10-18(28)13-19(29)11-17/h1,4-5,10-13,15,21,23,30H,2-3,6-9,14H2,(H,32,36)(H,31,33,34). The van der Waals surface area contributed by atoms with Gasteiger partial charge < -0.3 is 20.9 Å². The summed E-state index contributed by atoms with van der Waals surface area (Å²) in [5.74, 6) is -0.569. The lowest BCUT2D eigenvalue weighted by Crippen LogP contribution is -2.45. The topological polar surface area (TPSA) is 82.2 Å². The first kappa shape index (κ1) is 24.4. The minimum Gasteiger partial charge on any atom is -0.348 e. The molecule has 1 aromatic heterocycles. The number of benzene rings is 2. The van der Waals surface area contributed by atoms with E-state index >= 15 is 0 Å². The second kappa shape index (κ2) is 10.8. The molecule has 2 aliphatic heterocycles. The van der Waals surface area contributed by atoms with Crippen molar-refractivity contribution in [2.24, 2.45) is 0 Å². The zero-order valence-corrected chi connectivity index (χ0v) is 20.4. The Morgan fingerprint density at radius 1 is 1.11 bits per heavy atom. The van der Waals surface area contributed by atoms with E-state index in [-0.39, 0.29) is 18.0 Å². The molecule has 2 atom stereocenters. The van der Waals surface area contributed by atoms with E-state index in [2.05, 4.69) is 25.9 Å². The molecule has 2 aliphatic rings. The highest BCUT2D eigenvalue weighted by Gasteiger charge is 2.30. The molecule has 3 heterocycles. The highest BCUT2D eigenvalue weighted by Crippen LogP contribution is 2.39. The molecule has 7 nitrogen and oxygen atoms in total. The van der Waals surface area contributed by atoms with Crippen molar-refractivity contribution >= 4 is 35.0 Å². The molecule has 2 aromatic carbocycles. The molecule has 0 spiro atoms. The molecule has 2 saturated heterocycles. The summed E-state index contributed by atoms with van der Waals surface area (Å²) in [4.78, 5) is 23.6. The number of hydrogen-bond acceptors (Lipinski definition) is 6. The minimum absolute atomic E-state index is 0.116. The van der Waals surface area contributed by atoms with Gasteiger partial charge >= 0.3 is 0 Å². The van der Waals surface area contributed by atoms with Crippen LogP contribution in [0.2, 0.25) is 5.02 Å². The van der Waals surface area contributed by atoms with Gasteiger partial charge in [-0.3, -0.25) is 4.79 Å². The van der Waals surface area contributed by atoms with E-state index in [1.54, 1.807) is 18.2 Å². The van der Waals surface area contributed by atoms with Crippen LogP contribution < -0.4 is 20.9 Å². The van der Waals surface area contributed by atoms with Crippen LogP contribution in [0.1, 0.15) is 47.6 Å². The summed E-state index contributed by atoms with van der Waals surface area (Å²) in [7, 11) is 0. The predicted molar refractivity (Wildman–Crippen MR) is 136 cm³/mol. The normalized spacial score (nSPS) is 19.8. The van der Waals surface area contributed by atoms with E-state index in [0.717, 1.165) is 44.8 Å². The van der Waals surface area contributed by atoms with Gasteiger partial charge in [0.1, 0.15) is 16.7 Å². The maximum absolute atomic E-state index is 13.9. The Hall–Kier alpha value is -3.30. The van der Waals surface area contributed by atoms with Crippen LogP contribution in [0, 0.1) is 11.6 Å². The van der Waals surface area contributed by atoms with Crippen LogP contribution in [0.3, 0.4) is 0 Å². The molecule has 3 aromatic rings. The number of anilines is 3. The maximum atomic E-state index is 13.9. The molecule has 2 unspecified atom stereocenters. The van der Waals surface area contributed by atoms with Crippen LogP contribution in [-0.4, -0.2) is 41.6 Å². The average molecular weight is 513 g/mol. The number of amides is 1. The Morgan fingerprint density at radius 3 is 2.72 bits per heavy atom. The van der Waals surface area contributed by atoms with Gasteiger partial charge in [0.05, 0.1) is 12.2 Å². The molecule has 188 valence electrons. The summed E-state index contributed by atoms with van der Waals surface area (Å²) in [5, 5.41) is 9.86. The lowest BCUT2D eigenvalue weighted by Gasteiger charge is -2.27. The smallest absolute Gasteiger partial charge is 0.251 e. The van der Waals surface area contributed by atoms with Gasteiger partial charge in [-0.15, -0.1) is 0 Å². The molecule has 5 rings (SSSR count). The van der Waals surface area contributed by atoms with Crippen molar-refractivity contribution in [3.8, 4) is 0 Å². The first-order valence-corrected chi connectivity index (χ1v) is 12.5. The maximum Gasteiger partial charge on any atom is 0.251 e. The summed E-state index contributed by atoms with van der Waals surface area (Å²) >= 11 is 6.45. The Morgan fingerprint density at radius 2 is 1.94 bits per heavy atom. The number of carbonyl (C=O) groups is 1. The first-order chi connectivity index (χ1) is 17.5. The second-order valence-corrected chi connectivity index (χ2v) is 9.55. The molecule has 1 amide bonds. The van der Waals surface area contributed by atoms with Gasteiger partial charge in [0.2, 0.25) is 5.95 Å². The van der Waals surface area contributed by atoms with Gasteiger partial charge in [0.15, 0.2) is 5.82 Å². The number of aromatic nitrogens is 2. The Kier molecular flexibility index (Phi) is 7.29. The van der Waals surface area contributed by atoms with Crippen molar-refractivity contribution in [1.82, 2.24) is 20.6 Å². The van der Waals surface area contributed by atoms with Gasteiger partial charge in [0, 0.05) is 36.4 Å². The SMILES string of the molecule is O=C(NC1CCCNC1)c1cccc(Nc2ncc(Cl)c(N3CCCC3c3cc(F)cc(F)c3)n2)c1. The zero-order chi connectivity index (χ0) is 25.1. The largest absolute Gasteiger partial charge is 0.348 e. The number of nitrogens with zero attached hydrogens (tertiary/aromatic N) is 3. The van der Waals surface area contributed by atoms with Crippen LogP contribution >= 0.6 is 11.6 Å². The molecular formula is C26H27ClF2N6O. The number of nitrogens with one attached hydrogen (secondary N) is 3. The van der Waals surface area contributed by atoms with Gasteiger partial charge in [-0.25, -0.2) is 13.8 Å². The molecule has 0 bridgehead atoms. The van der Waals surface area contributed by atoms with Gasteiger partial charge in [-0.1, -0.05) is 17.7 Å². The molecule has 3 N–H and O–H groups in total. The van der Waals surface area contributed by atoms with E-state index in [9.17, 15) is 13.6 Å². The molecule has 0 radical (unpaired) electrons. The lowest BCUT2D eigenvalue weighted by molar-refractivity contribution is 0.0930. The van der Waals surface area contributed by atoms with Crippen molar-refractivity contribution in [1.29, 1.82) is 0 Å². The first-order valence-electron chi connectivity index (χ1n) is 12.1. The summed E-state index contributed by atoms with van der Waals surface area (Å²) < 4.78 is 27.7. The minimum atomic E-state index is -0.614. The van der Waals surface area contributed by atoms with Crippen molar-refractivity contribution in [2.45, 2.75) is 37.8 Å². The van der Waals surface area contributed by atoms with Crippen molar-refractivity contribution in [3.63, 3.8) is 0 Å². The number of rotatable bonds is 6. The van der Waals surface area contributed by atoms with Crippen LogP contribution in [0.15, 0.2) is 48.7 Å². The summed E-state index contributed by atoms with van der Waals surface area (Å²) in [6, 6.07) is 10.5. The van der Waals surface area contributed by atoms with E-state index < -0.39 is 11.6 Å². The number of halogens is 3. The van der Waals surface area contributed by atoms with E-state index in [4.69, 9.17) is 11.6 Å². The van der Waals surface area contributed by atoms with E-state index in [0.29, 0.717) is 40.1 Å². The quantitative estimate of drug-likeness (QED) is 0.432. The summed E-state index contributed by atoms with van der Waals surface area (Å²) in [6.07, 6.45) is 5.05. The predicted octanol–water partition coefficient (Wildman–Crippen LogP) is 4.98. The second-order valence-electron chi connectivity index (χ2n) is 9.14. The number of piperidine rings is 1. The van der Waals surface area contributed by atoms with Gasteiger partial charge in [-0.05, 0) is 68.1 Å². The molecular weight excluding hydrogens is 486 g/mol. The third kappa shape index (κ3) is 5.57. The highest BCUT2D eigenvalue weighted by atomic mass is 35.5. The molecule has 2 fully saturated rings. The molecule has 36 heavy (non-hydrogen) atoms. The van der Waals surface area contributed by atoms with Crippen molar-refractivity contribution in [3.05, 3.63) is 76.4 Å². The highest BCUT2D eigenvalue weighted by molar-refractivity contribution is 6.32.